The van der Waals surface area contributed by atoms with Crippen molar-refractivity contribution in [2.75, 3.05) is 6.54 Å². The van der Waals surface area contributed by atoms with Gasteiger partial charge in [0.25, 0.3) is 0 Å². The van der Waals surface area contributed by atoms with Crippen molar-refractivity contribution in [1.29, 1.82) is 0 Å². The summed E-state index contributed by atoms with van der Waals surface area (Å²) in [6.45, 7) is 0.672. The Bertz CT molecular complexity index is 353. The van der Waals surface area contributed by atoms with Crippen LogP contribution >= 0.6 is 22.7 Å². The standard InChI is InChI=1S/C10H12N2S2/c11-7-8(10-12-3-5-14-10)6-9-2-1-4-13-9/h1-5,8H,6-7,11H2. The molecule has 0 fully saturated rings. The second-order valence-corrected chi connectivity index (χ2v) is 5.04. The molecule has 0 aliphatic heterocycles. The van der Waals surface area contributed by atoms with Crippen molar-refractivity contribution in [3.8, 4) is 0 Å². The molecule has 0 radical (unpaired) electrons. The molecule has 74 valence electrons. The summed E-state index contributed by atoms with van der Waals surface area (Å²) < 4.78 is 0. The Balaban J connectivity index is 2.08. The van der Waals surface area contributed by atoms with E-state index < -0.39 is 0 Å². The van der Waals surface area contributed by atoms with Crippen LogP contribution in [0.15, 0.2) is 29.1 Å². The van der Waals surface area contributed by atoms with Crippen LogP contribution in [0.4, 0.5) is 0 Å². The van der Waals surface area contributed by atoms with Crippen molar-refractivity contribution in [3.05, 3.63) is 39.0 Å². The van der Waals surface area contributed by atoms with Gasteiger partial charge in [-0.05, 0) is 17.9 Å². The number of thiophene rings is 1. The van der Waals surface area contributed by atoms with Crippen LogP contribution < -0.4 is 5.73 Å². The quantitative estimate of drug-likeness (QED) is 0.866. The fourth-order valence-corrected chi connectivity index (χ4v) is 2.92. The molecule has 2 aromatic heterocycles. The highest BCUT2D eigenvalue weighted by atomic mass is 32.1. The smallest absolute Gasteiger partial charge is 0.0972 e. The molecule has 2 heterocycles. The van der Waals surface area contributed by atoms with Gasteiger partial charge < -0.3 is 5.73 Å². The molecular weight excluding hydrogens is 212 g/mol. The molecule has 1 unspecified atom stereocenters. The first-order chi connectivity index (χ1) is 6.90. The van der Waals surface area contributed by atoms with Crippen LogP contribution in [0, 0.1) is 0 Å². The summed E-state index contributed by atoms with van der Waals surface area (Å²) in [6.07, 6.45) is 2.86. The second-order valence-electron chi connectivity index (χ2n) is 3.09. The highest BCUT2D eigenvalue weighted by Crippen LogP contribution is 2.23. The van der Waals surface area contributed by atoms with Gasteiger partial charge in [-0.3, -0.25) is 0 Å². The molecule has 2 rings (SSSR count). The predicted octanol–water partition coefficient (Wildman–Crippen LogP) is 2.49. The van der Waals surface area contributed by atoms with Crippen molar-refractivity contribution in [3.63, 3.8) is 0 Å². The number of aromatic nitrogens is 1. The molecule has 1 atom stereocenters. The van der Waals surface area contributed by atoms with Gasteiger partial charge in [-0.15, -0.1) is 22.7 Å². The minimum Gasteiger partial charge on any atom is -0.330 e. The van der Waals surface area contributed by atoms with E-state index >= 15 is 0 Å². The third-order valence-corrected chi connectivity index (χ3v) is 3.95. The molecule has 2 N–H and O–H groups in total. The van der Waals surface area contributed by atoms with Gasteiger partial charge in [-0.1, -0.05) is 6.07 Å². The topological polar surface area (TPSA) is 38.9 Å². The Morgan fingerprint density at radius 1 is 1.36 bits per heavy atom. The molecule has 0 aliphatic carbocycles. The van der Waals surface area contributed by atoms with Gasteiger partial charge in [0.05, 0.1) is 5.01 Å². The van der Waals surface area contributed by atoms with E-state index in [0.29, 0.717) is 12.5 Å². The lowest BCUT2D eigenvalue weighted by Gasteiger charge is -2.09. The van der Waals surface area contributed by atoms with E-state index in [0.717, 1.165) is 11.4 Å². The summed E-state index contributed by atoms with van der Waals surface area (Å²) in [5.41, 5.74) is 5.75. The molecule has 0 amide bonds. The van der Waals surface area contributed by atoms with E-state index in [1.807, 2.05) is 11.6 Å². The highest BCUT2D eigenvalue weighted by Gasteiger charge is 2.13. The van der Waals surface area contributed by atoms with Crippen LogP contribution in [-0.4, -0.2) is 11.5 Å². The summed E-state index contributed by atoms with van der Waals surface area (Å²) in [5, 5.41) is 5.26. The average molecular weight is 224 g/mol. The highest BCUT2D eigenvalue weighted by molar-refractivity contribution is 7.10. The van der Waals surface area contributed by atoms with Gasteiger partial charge in [0.2, 0.25) is 0 Å². The summed E-state index contributed by atoms with van der Waals surface area (Å²) in [4.78, 5) is 5.70. The summed E-state index contributed by atoms with van der Waals surface area (Å²) in [6, 6.07) is 4.23. The number of hydrogen-bond donors (Lipinski definition) is 1. The molecule has 0 bridgehead atoms. The van der Waals surface area contributed by atoms with Crippen molar-refractivity contribution < 1.29 is 0 Å². The third-order valence-electron chi connectivity index (χ3n) is 2.11. The van der Waals surface area contributed by atoms with Crippen LogP contribution in [0.25, 0.3) is 0 Å². The number of nitrogens with two attached hydrogens (primary N) is 1. The maximum atomic E-state index is 5.75. The normalized spacial score (nSPS) is 12.9. The Morgan fingerprint density at radius 3 is 2.86 bits per heavy atom. The first kappa shape index (κ1) is 9.83. The van der Waals surface area contributed by atoms with Crippen LogP contribution in [0.5, 0.6) is 0 Å². The molecule has 2 nitrogen and oxygen atoms in total. The van der Waals surface area contributed by atoms with Gasteiger partial charge in [0, 0.05) is 28.9 Å². The zero-order chi connectivity index (χ0) is 9.80. The van der Waals surface area contributed by atoms with E-state index in [-0.39, 0.29) is 0 Å². The van der Waals surface area contributed by atoms with Crippen LogP contribution in [-0.2, 0) is 6.42 Å². The minimum absolute atomic E-state index is 0.383. The first-order valence-corrected chi connectivity index (χ1v) is 6.28. The lowest BCUT2D eigenvalue weighted by molar-refractivity contribution is 0.695. The molecule has 0 aromatic carbocycles. The lowest BCUT2D eigenvalue weighted by Crippen LogP contribution is -2.14. The maximum absolute atomic E-state index is 5.75. The molecule has 0 saturated heterocycles. The lowest BCUT2D eigenvalue weighted by atomic mass is 10.1. The number of rotatable bonds is 4. The van der Waals surface area contributed by atoms with Gasteiger partial charge in [-0.2, -0.15) is 0 Å². The molecule has 2 aromatic rings. The number of nitrogens with zero attached hydrogens (tertiary/aromatic N) is 1. The second kappa shape index (κ2) is 4.68. The number of thiazole rings is 1. The predicted molar refractivity (Wildman–Crippen MR) is 61.9 cm³/mol. The zero-order valence-corrected chi connectivity index (χ0v) is 9.35. The Kier molecular flexibility index (Phi) is 3.29. The van der Waals surface area contributed by atoms with Crippen molar-refractivity contribution >= 4 is 22.7 Å². The van der Waals surface area contributed by atoms with E-state index in [1.54, 1.807) is 22.7 Å². The fraction of sp³-hybridized carbons (Fsp3) is 0.300. The molecule has 0 aliphatic rings. The van der Waals surface area contributed by atoms with Crippen LogP contribution in [0.1, 0.15) is 15.8 Å². The zero-order valence-electron chi connectivity index (χ0n) is 7.72. The van der Waals surface area contributed by atoms with E-state index in [2.05, 4.69) is 22.5 Å². The van der Waals surface area contributed by atoms with Crippen molar-refractivity contribution in [1.82, 2.24) is 4.98 Å². The number of hydrogen-bond acceptors (Lipinski definition) is 4. The van der Waals surface area contributed by atoms with E-state index in [1.165, 1.54) is 4.88 Å². The monoisotopic (exact) mass is 224 g/mol. The Morgan fingerprint density at radius 2 is 2.29 bits per heavy atom. The van der Waals surface area contributed by atoms with Crippen LogP contribution in [0.3, 0.4) is 0 Å². The van der Waals surface area contributed by atoms with E-state index in [9.17, 15) is 0 Å². The minimum atomic E-state index is 0.383. The largest absolute Gasteiger partial charge is 0.330 e. The Hall–Kier alpha value is -0.710. The van der Waals surface area contributed by atoms with Gasteiger partial charge in [-0.25, -0.2) is 4.98 Å². The molecule has 0 spiro atoms. The SMILES string of the molecule is NCC(Cc1cccs1)c1nccs1. The molecule has 4 heteroatoms. The van der Waals surface area contributed by atoms with Crippen molar-refractivity contribution in [2.45, 2.75) is 12.3 Å². The van der Waals surface area contributed by atoms with Crippen LogP contribution in [0.2, 0.25) is 0 Å². The van der Waals surface area contributed by atoms with Gasteiger partial charge in [0.15, 0.2) is 0 Å². The molecule has 0 saturated carbocycles. The average Bonchev–Trinajstić information content (AvgIpc) is 2.86. The summed E-state index contributed by atoms with van der Waals surface area (Å²) in [7, 11) is 0. The molecular formula is C10H12N2S2. The molecule has 14 heavy (non-hydrogen) atoms. The van der Waals surface area contributed by atoms with Gasteiger partial charge in [0.1, 0.15) is 0 Å². The first-order valence-electron chi connectivity index (χ1n) is 4.52. The third kappa shape index (κ3) is 2.20. The maximum Gasteiger partial charge on any atom is 0.0972 e. The van der Waals surface area contributed by atoms with E-state index in [4.69, 9.17) is 5.73 Å². The van der Waals surface area contributed by atoms with Gasteiger partial charge >= 0.3 is 0 Å². The Labute approximate surface area is 91.4 Å². The fourth-order valence-electron chi connectivity index (χ4n) is 1.38. The van der Waals surface area contributed by atoms with Crippen molar-refractivity contribution in [2.24, 2.45) is 5.73 Å². The summed E-state index contributed by atoms with van der Waals surface area (Å²) in [5.74, 6) is 0.383. The summed E-state index contributed by atoms with van der Waals surface area (Å²) >= 11 is 3.48.